The van der Waals surface area contributed by atoms with Gasteiger partial charge in [-0.15, -0.1) is 0 Å². The van der Waals surface area contributed by atoms with Crippen molar-refractivity contribution in [2.45, 2.75) is 19.9 Å². The lowest BCUT2D eigenvalue weighted by Crippen LogP contribution is -2.29. The van der Waals surface area contributed by atoms with E-state index in [1.807, 2.05) is 29.8 Å². The van der Waals surface area contributed by atoms with Gasteiger partial charge in [-0.3, -0.25) is 14.5 Å². The fourth-order valence-corrected chi connectivity index (χ4v) is 2.89. The Morgan fingerprint density at radius 2 is 2.20 bits per heavy atom. The molecular formula is C14H18N2O3S. The molecule has 1 aromatic rings. The maximum atomic E-state index is 12.2. The van der Waals surface area contributed by atoms with Crippen LogP contribution in [0.5, 0.6) is 0 Å². The number of imide groups is 1. The molecule has 2 rings (SSSR count). The Hall–Kier alpha value is -1.53. The Balaban J connectivity index is 2.11. The van der Waals surface area contributed by atoms with Crippen molar-refractivity contribution in [1.82, 2.24) is 9.47 Å². The molecule has 0 saturated carbocycles. The van der Waals surface area contributed by atoms with E-state index >= 15 is 0 Å². The van der Waals surface area contributed by atoms with Gasteiger partial charge < -0.3 is 9.30 Å². The Labute approximate surface area is 122 Å². The summed E-state index contributed by atoms with van der Waals surface area (Å²) in [5.74, 6) is -0.208. The van der Waals surface area contributed by atoms with Crippen molar-refractivity contribution in [1.29, 1.82) is 0 Å². The molecule has 1 aromatic heterocycles. The third kappa shape index (κ3) is 3.13. The molecule has 20 heavy (non-hydrogen) atoms. The first-order valence-corrected chi connectivity index (χ1v) is 7.38. The zero-order chi connectivity index (χ0) is 14.5. The lowest BCUT2D eigenvalue weighted by Gasteiger charge is -2.11. The minimum atomic E-state index is -0.208. The number of thioether (sulfide) groups is 1. The first-order valence-electron chi connectivity index (χ1n) is 6.56. The minimum absolute atomic E-state index is 0.202. The third-order valence-corrected chi connectivity index (χ3v) is 4.00. The summed E-state index contributed by atoms with van der Waals surface area (Å²) in [5, 5.41) is -0.202. The van der Waals surface area contributed by atoms with Gasteiger partial charge in [0.2, 0.25) is 0 Å². The van der Waals surface area contributed by atoms with Gasteiger partial charge in [0.1, 0.15) is 0 Å². The van der Waals surface area contributed by atoms with Crippen LogP contribution in [-0.4, -0.2) is 40.9 Å². The first kappa shape index (κ1) is 14.9. The second-order valence-corrected chi connectivity index (χ2v) is 5.39. The molecule has 0 N–H and O–H groups in total. The van der Waals surface area contributed by atoms with E-state index in [4.69, 9.17) is 4.74 Å². The number of carbonyl (C=O) groups is 2. The first-order chi connectivity index (χ1) is 9.67. The second kappa shape index (κ2) is 6.76. The molecule has 0 aliphatic carbocycles. The topological polar surface area (TPSA) is 51.5 Å². The average Bonchev–Trinajstić information content (AvgIpc) is 2.98. The van der Waals surface area contributed by atoms with Crippen LogP contribution in [0.15, 0.2) is 23.2 Å². The van der Waals surface area contributed by atoms with Crippen LogP contribution in [0.25, 0.3) is 6.08 Å². The van der Waals surface area contributed by atoms with Gasteiger partial charge in [-0.05, 0) is 43.3 Å². The molecule has 6 heteroatoms. The molecule has 0 unspecified atom stereocenters. The molecular weight excluding hydrogens is 276 g/mol. The normalized spacial score (nSPS) is 17.5. The molecule has 0 aromatic carbocycles. The van der Waals surface area contributed by atoms with E-state index in [2.05, 4.69) is 0 Å². The maximum Gasteiger partial charge on any atom is 0.293 e. The Bertz CT molecular complexity index is 536. The highest BCUT2D eigenvalue weighted by molar-refractivity contribution is 8.18. The van der Waals surface area contributed by atoms with Crippen molar-refractivity contribution in [2.75, 3.05) is 20.3 Å². The smallest absolute Gasteiger partial charge is 0.293 e. The van der Waals surface area contributed by atoms with E-state index in [1.165, 1.54) is 4.90 Å². The Morgan fingerprint density at radius 1 is 1.40 bits per heavy atom. The number of hydrogen-bond donors (Lipinski definition) is 0. The predicted octanol–water partition coefficient (Wildman–Crippen LogP) is 2.58. The lowest BCUT2D eigenvalue weighted by molar-refractivity contribution is -0.122. The highest BCUT2D eigenvalue weighted by Gasteiger charge is 2.34. The fraction of sp³-hybridized carbons (Fsp3) is 0.429. The SMILES string of the molecule is CCn1cccc1/C=C1/SC(=O)N(CCCOC)C1=O. The maximum absolute atomic E-state index is 12.2. The summed E-state index contributed by atoms with van der Waals surface area (Å²) in [6.45, 7) is 3.81. The number of methoxy groups -OCH3 is 1. The summed E-state index contributed by atoms with van der Waals surface area (Å²) >= 11 is 1.00. The summed E-state index contributed by atoms with van der Waals surface area (Å²) in [5.41, 5.74) is 0.940. The van der Waals surface area contributed by atoms with Gasteiger partial charge in [-0.2, -0.15) is 0 Å². The van der Waals surface area contributed by atoms with Crippen LogP contribution in [0.2, 0.25) is 0 Å². The zero-order valence-corrected chi connectivity index (χ0v) is 12.5. The summed E-state index contributed by atoms with van der Waals surface area (Å²) < 4.78 is 6.97. The molecule has 1 fully saturated rings. The van der Waals surface area contributed by atoms with Crippen molar-refractivity contribution in [3.63, 3.8) is 0 Å². The van der Waals surface area contributed by atoms with E-state index in [-0.39, 0.29) is 11.1 Å². The van der Waals surface area contributed by atoms with E-state index in [1.54, 1.807) is 13.2 Å². The predicted molar refractivity (Wildman–Crippen MR) is 79.3 cm³/mol. The van der Waals surface area contributed by atoms with Crippen LogP contribution >= 0.6 is 11.8 Å². The Kier molecular flexibility index (Phi) is 5.03. The zero-order valence-electron chi connectivity index (χ0n) is 11.7. The average molecular weight is 294 g/mol. The van der Waals surface area contributed by atoms with Crippen molar-refractivity contribution in [3.05, 3.63) is 28.9 Å². The van der Waals surface area contributed by atoms with Crippen molar-refractivity contribution >= 4 is 29.0 Å². The van der Waals surface area contributed by atoms with Gasteiger partial charge in [-0.25, -0.2) is 0 Å². The number of amides is 2. The van der Waals surface area contributed by atoms with E-state index in [9.17, 15) is 9.59 Å². The molecule has 1 aliphatic rings. The molecule has 2 heterocycles. The van der Waals surface area contributed by atoms with E-state index < -0.39 is 0 Å². The fourth-order valence-electron chi connectivity index (χ4n) is 2.04. The standard InChI is InChI=1S/C14H18N2O3S/c1-3-15-7-4-6-11(15)10-12-13(17)16(14(18)20-12)8-5-9-19-2/h4,6-7,10H,3,5,8-9H2,1-2H3/b12-10+. The van der Waals surface area contributed by atoms with Crippen LogP contribution < -0.4 is 0 Å². The van der Waals surface area contributed by atoms with Crippen LogP contribution in [-0.2, 0) is 16.1 Å². The molecule has 1 saturated heterocycles. The van der Waals surface area contributed by atoms with Gasteiger partial charge >= 0.3 is 0 Å². The van der Waals surface area contributed by atoms with Crippen LogP contribution in [0.3, 0.4) is 0 Å². The van der Waals surface area contributed by atoms with Gasteiger partial charge in [0.25, 0.3) is 11.1 Å². The molecule has 0 spiro atoms. The number of hydrogen-bond acceptors (Lipinski definition) is 4. The van der Waals surface area contributed by atoms with Crippen molar-refractivity contribution < 1.29 is 14.3 Å². The van der Waals surface area contributed by atoms with Crippen molar-refractivity contribution in [2.24, 2.45) is 0 Å². The lowest BCUT2D eigenvalue weighted by atomic mass is 10.3. The highest BCUT2D eigenvalue weighted by Crippen LogP contribution is 2.32. The van der Waals surface area contributed by atoms with E-state index in [0.29, 0.717) is 24.5 Å². The Morgan fingerprint density at radius 3 is 2.90 bits per heavy atom. The number of rotatable bonds is 6. The number of ether oxygens (including phenoxy) is 1. The summed E-state index contributed by atoms with van der Waals surface area (Å²) in [6, 6.07) is 3.86. The number of aryl methyl sites for hydroxylation is 1. The molecule has 108 valence electrons. The van der Waals surface area contributed by atoms with E-state index in [0.717, 1.165) is 24.0 Å². The monoisotopic (exact) mass is 294 g/mol. The van der Waals surface area contributed by atoms with Crippen molar-refractivity contribution in [3.8, 4) is 0 Å². The highest BCUT2D eigenvalue weighted by atomic mass is 32.2. The molecule has 1 aliphatic heterocycles. The number of carbonyl (C=O) groups excluding carboxylic acids is 2. The number of aromatic nitrogens is 1. The van der Waals surface area contributed by atoms with Gasteiger partial charge in [0, 0.05) is 38.7 Å². The van der Waals surface area contributed by atoms with Gasteiger partial charge in [-0.1, -0.05) is 0 Å². The minimum Gasteiger partial charge on any atom is -0.385 e. The number of nitrogens with zero attached hydrogens (tertiary/aromatic N) is 2. The summed E-state index contributed by atoms with van der Waals surface area (Å²) in [4.78, 5) is 25.8. The quantitative estimate of drug-likeness (QED) is 0.598. The molecule has 2 amide bonds. The van der Waals surface area contributed by atoms with Crippen LogP contribution in [0.1, 0.15) is 19.0 Å². The van der Waals surface area contributed by atoms with Gasteiger partial charge in [0.05, 0.1) is 4.91 Å². The molecule has 0 bridgehead atoms. The summed E-state index contributed by atoms with van der Waals surface area (Å²) in [7, 11) is 1.60. The second-order valence-electron chi connectivity index (χ2n) is 4.40. The van der Waals surface area contributed by atoms with Crippen LogP contribution in [0, 0.1) is 0 Å². The van der Waals surface area contributed by atoms with Gasteiger partial charge in [0.15, 0.2) is 0 Å². The molecule has 5 nitrogen and oxygen atoms in total. The third-order valence-electron chi connectivity index (χ3n) is 3.09. The largest absolute Gasteiger partial charge is 0.385 e. The molecule has 0 radical (unpaired) electrons. The van der Waals surface area contributed by atoms with Crippen LogP contribution in [0.4, 0.5) is 4.79 Å². The summed E-state index contributed by atoms with van der Waals surface area (Å²) in [6.07, 6.45) is 4.40. The molecule has 0 atom stereocenters.